The number of benzene rings is 2. The highest BCUT2D eigenvalue weighted by Crippen LogP contribution is 2.36. The van der Waals surface area contributed by atoms with Gasteiger partial charge in [0.1, 0.15) is 6.04 Å². The quantitative estimate of drug-likeness (QED) is 0.631. The van der Waals surface area contributed by atoms with Crippen molar-refractivity contribution in [2.45, 2.75) is 57.9 Å². The summed E-state index contributed by atoms with van der Waals surface area (Å²) in [6.07, 6.45) is 1.99. The van der Waals surface area contributed by atoms with Gasteiger partial charge in [-0.2, -0.15) is 4.31 Å². The molecule has 188 valence electrons. The lowest BCUT2D eigenvalue weighted by Gasteiger charge is -2.25. The van der Waals surface area contributed by atoms with Gasteiger partial charge in [0.15, 0.2) is 0 Å². The van der Waals surface area contributed by atoms with Gasteiger partial charge in [-0.1, -0.05) is 0 Å². The predicted molar refractivity (Wildman–Crippen MR) is 138 cm³/mol. The van der Waals surface area contributed by atoms with E-state index in [2.05, 4.69) is 24.1 Å². The molecule has 8 nitrogen and oxygen atoms in total. The van der Waals surface area contributed by atoms with Crippen molar-refractivity contribution in [2.24, 2.45) is 0 Å². The summed E-state index contributed by atoms with van der Waals surface area (Å²) in [7, 11) is -3.58. The van der Waals surface area contributed by atoms with Crippen LogP contribution in [0, 0.1) is 6.92 Å². The van der Waals surface area contributed by atoms with Crippen LogP contribution >= 0.6 is 0 Å². The van der Waals surface area contributed by atoms with Gasteiger partial charge in [0.05, 0.1) is 4.90 Å². The molecule has 35 heavy (non-hydrogen) atoms. The Morgan fingerprint density at radius 3 is 2.34 bits per heavy atom. The second kappa shape index (κ2) is 9.99. The zero-order valence-corrected chi connectivity index (χ0v) is 21.7. The van der Waals surface area contributed by atoms with E-state index in [4.69, 9.17) is 0 Å². The number of rotatable bonds is 7. The van der Waals surface area contributed by atoms with E-state index in [0.717, 1.165) is 37.2 Å². The topological polar surface area (TPSA) is 90.0 Å². The third kappa shape index (κ3) is 4.79. The summed E-state index contributed by atoms with van der Waals surface area (Å²) in [6, 6.07) is 9.99. The Hall–Kier alpha value is -2.91. The molecule has 9 heteroatoms. The maximum atomic E-state index is 13.3. The smallest absolute Gasteiger partial charge is 0.247 e. The van der Waals surface area contributed by atoms with Gasteiger partial charge in [0, 0.05) is 56.6 Å². The zero-order chi connectivity index (χ0) is 25.3. The minimum Gasteiger partial charge on any atom is -0.372 e. The number of hydrogen-bond acceptors (Lipinski definition) is 5. The van der Waals surface area contributed by atoms with Crippen LogP contribution in [-0.2, 0) is 26.0 Å². The van der Waals surface area contributed by atoms with Crippen LogP contribution in [0.5, 0.6) is 0 Å². The lowest BCUT2D eigenvalue weighted by atomic mass is 10.1. The van der Waals surface area contributed by atoms with E-state index in [9.17, 15) is 18.0 Å². The van der Waals surface area contributed by atoms with Crippen LogP contribution in [0.3, 0.4) is 0 Å². The van der Waals surface area contributed by atoms with E-state index in [0.29, 0.717) is 30.0 Å². The number of aryl methyl sites for hydroxylation is 1. The maximum absolute atomic E-state index is 13.3. The van der Waals surface area contributed by atoms with Crippen LogP contribution in [-0.4, -0.2) is 56.8 Å². The first kappa shape index (κ1) is 25.2. The molecule has 2 aliphatic heterocycles. The van der Waals surface area contributed by atoms with Crippen molar-refractivity contribution >= 4 is 38.9 Å². The molecule has 4 rings (SSSR count). The molecule has 2 heterocycles. The first-order chi connectivity index (χ1) is 16.7. The minimum atomic E-state index is -3.58. The van der Waals surface area contributed by atoms with Gasteiger partial charge in [-0.25, -0.2) is 8.42 Å². The second-order valence-corrected chi connectivity index (χ2v) is 11.1. The molecule has 2 aromatic rings. The Morgan fingerprint density at radius 2 is 1.74 bits per heavy atom. The van der Waals surface area contributed by atoms with Gasteiger partial charge in [-0.15, -0.1) is 0 Å². The monoisotopic (exact) mass is 498 g/mol. The number of nitrogens with one attached hydrogen (secondary N) is 1. The molecule has 0 radical (unpaired) electrons. The van der Waals surface area contributed by atoms with E-state index in [-0.39, 0.29) is 23.1 Å². The number of sulfonamides is 1. The summed E-state index contributed by atoms with van der Waals surface area (Å²) in [6.45, 7) is 10.4. The van der Waals surface area contributed by atoms with Gasteiger partial charge in [0.2, 0.25) is 21.8 Å². The van der Waals surface area contributed by atoms with Gasteiger partial charge >= 0.3 is 0 Å². The first-order valence-corrected chi connectivity index (χ1v) is 13.7. The second-order valence-electron chi connectivity index (χ2n) is 9.17. The molecule has 0 unspecified atom stereocenters. The number of anilines is 3. The molecular weight excluding hydrogens is 464 g/mol. The highest BCUT2D eigenvalue weighted by Gasteiger charge is 2.38. The van der Waals surface area contributed by atoms with Crippen molar-refractivity contribution in [1.82, 2.24) is 4.31 Å². The SMILES string of the molecule is CCN(CC)c1ccc(NC(=O)[C@@H]2Cc3cc(S(=O)(=O)N4CCCC4)ccc3N2C(C)=O)c(C)c1. The number of nitrogens with zero attached hydrogens (tertiary/aromatic N) is 3. The summed E-state index contributed by atoms with van der Waals surface area (Å²) in [5.41, 5.74) is 4.01. The summed E-state index contributed by atoms with van der Waals surface area (Å²) in [4.78, 5) is 29.8. The Kier molecular flexibility index (Phi) is 7.19. The number of carbonyl (C=O) groups is 2. The van der Waals surface area contributed by atoms with Crippen molar-refractivity contribution in [2.75, 3.05) is 41.3 Å². The van der Waals surface area contributed by atoms with Crippen molar-refractivity contribution in [3.8, 4) is 0 Å². The zero-order valence-electron chi connectivity index (χ0n) is 20.9. The molecule has 0 bridgehead atoms. The molecule has 0 spiro atoms. The molecule has 2 aromatic carbocycles. The number of hydrogen-bond donors (Lipinski definition) is 1. The van der Waals surface area contributed by atoms with Crippen LogP contribution in [0.1, 0.15) is 44.7 Å². The largest absolute Gasteiger partial charge is 0.372 e. The van der Waals surface area contributed by atoms with E-state index >= 15 is 0 Å². The number of amides is 2. The first-order valence-electron chi connectivity index (χ1n) is 12.3. The standard InChI is InChI=1S/C26H34N4O4S/c1-5-28(6-2)21-9-11-23(18(3)15-21)27-26(32)25-17-20-16-22(10-12-24(20)30(25)19(4)31)35(33,34)29-13-7-8-14-29/h9-12,15-16,25H,5-8,13-14,17H2,1-4H3,(H,27,32)/t25-/m0/s1. The molecule has 0 saturated carbocycles. The fourth-order valence-corrected chi connectivity index (χ4v) is 6.62. The third-order valence-corrected chi connectivity index (χ3v) is 8.87. The molecular formula is C26H34N4O4S. The highest BCUT2D eigenvalue weighted by atomic mass is 32.2. The molecule has 1 fully saturated rings. The fourth-order valence-electron chi connectivity index (χ4n) is 5.05. The Bertz CT molecular complexity index is 1230. The van der Waals surface area contributed by atoms with Crippen LogP contribution < -0.4 is 15.1 Å². The predicted octanol–water partition coefficient (Wildman–Crippen LogP) is 3.54. The summed E-state index contributed by atoms with van der Waals surface area (Å²) in [5, 5.41) is 2.99. The van der Waals surface area contributed by atoms with Crippen LogP contribution in [0.4, 0.5) is 17.1 Å². The highest BCUT2D eigenvalue weighted by molar-refractivity contribution is 7.89. The lowest BCUT2D eigenvalue weighted by Crippen LogP contribution is -2.44. The van der Waals surface area contributed by atoms with Gasteiger partial charge < -0.3 is 10.2 Å². The molecule has 1 atom stereocenters. The fraction of sp³-hybridized carbons (Fsp3) is 0.462. The molecule has 0 aliphatic carbocycles. The van der Waals surface area contributed by atoms with Crippen LogP contribution in [0.25, 0.3) is 0 Å². The lowest BCUT2D eigenvalue weighted by molar-refractivity contribution is -0.122. The molecule has 0 aromatic heterocycles. The molecule has 1 saturated heterocycles. The average molecular weight is 499 g/mol. The summed E-state index contributed by atoms with van der Waals surface area (Å²) in [5.74, 6) is -0.549. The van der Waals surface area contributed by atoms with Crippen molar-refractivity contribution in [3.63, 3.8) is 0 Å². The average Bonchev–Trinajstić information content (AvgIpc) is 3.50. The normalized spacial score (nSPS) is 17.9. The van der Waals surface area contributed by atoms with Crippen LogP contribution in [0.15, 0.2) is 41.3 Å². The molecule has 2 amide bonds. The van der Waals surface area contributed by atoms with Crippen molar-refractivity contribution in [3.05, 3.63) is 47.5 Å². The maximum Gasteiger partial charge on any atom is 0.247 e. The Labute approximate surface area is 207 Å². The van der Waals surface area contributed by atoms with E-state index in [1.54, 1.807) is 18.2 Å². The van der Waals surface area contributed by atoms with Crippen molar-refractivity contribution in [1.29, 1.82) is 0 Å². The number of fused-ring (bicyclic) bond motifs is 1. The van der Waals surface area contributed by atoms with E-state index in [1.807, 2.05) is 25.1 Å². The van der Waals surface area contributed by atoms with Gasteiger partial charge in [-0.3, -0.25) is 14.5 Å². The van der Waals surface area contributed by atoms with Crippen LogP contribution in [0.2, 0.25) is 0 Å². The summed E-state index contributed by atoms with van der Waals surface area (Å²) < 4.78 is 27.6. The van der Waals surface area contributed by atoms with E-state index < -0.39 is 16.1 Å². The van der Waals surface area contributed by atoms with E-state index in [1.165, 1.54) is 16.1 Å². The van der Waals surface area contributed by atoms with Gasteiger partial charge in [0.25, 0.3) is 0 Å². The van der Waals surface area contributed by atoms with Crippen molar-refractivity contribution < 1.29 is 18.0 Å². The minimum absolute atomic E-state index is 0.213. The Morgan fingerprint density at radius 1 is 1.06 bits per heavy atom. The molecule has 1 N–H and O–H groups in total. The van der Waals surface area contributed by atoms with Gasteiger partial charge in [-0.05, 0) is 81.1 Å². The third-order valence-electron chi connectivity index (χ3n) is 6.98. The summed E-state index contributed by atoms with van der Waals surface area (Å²) >= 11 is 0. The Balaban J connectivity index is 1.57. The number of carbonyl (C=O) groups excluding carboxylic acids is 2. The molecule has 2 aliphatic rings.